The third-order valence-electron chi connectivity index (χ3n) is 2.17. The van der Waals surface area contributed by atoms with Crippen LogP contribution >= 0.6 is 0 Å². The molecule has 0 spiro atoms. The van der Waals surface area contributed by atoms with Crippen molar-refractivity contribution in [2.24, 2.45) is 0 Å². The minimum absolute atomic E-state index is 0.156. The molecule has 0 atom stereocenters. The van der Waals surface area contributed by atoms with Gasteiger partial charge in [0.1, 0.15) is 6.20 Å². The average molecular weight is 233 g/mol. The van der Waals surface area contributed by atoms with Crippen LogP contribution < -0.4 is 0 Å². The molecule has 17 heavy (non-hydrogen) atoms. The van der Waals surface area contributed by atoms with Crippen molar-refractivity contribution in [1.29, 1.82) is 0 Å². The summed E-state index contributed by atoms with van der Waals surface area (Å²) in [6.07, 6.45) is 2.56. The van der Waals surface area contributed by atoms with Gasteiger partial charge in [0, 0.05) is 5.69 Å². The van der Waals surface area contributed by atoms with Crippen LogP contribution in [-0.2, 0) is 0 Å². The molecule has 1 N–H and O–H groups in total. The average Bonchev–Trinajstić information content (AvgIpc) is 2.78. The van der Waals surface area contributed by atoms with Crippen LogP contribution in [0, 0.1) is 10.1 Å². The van der Waals surface area contributed by atoms with Gasteiger partial charge in [0.05, 0.1) is 5.56 Å². The summed E-state index contributed by atoms with van der Waals surface area (Å²) in [7, 11) is 0. The Morgan fingerprint density at radius 3 is 2.47 bits per heavy atom. The largest absolute Gasteiger partial charge is 0.478 e. The van der Waals surface area contributed by atoms with Gasteiger partial charge in [0.25, 0.3) is 0 Å². The highest BCUT2D eigenvalue weighted by atomic mass is 16.6. The lowest BCUT2D eigenvalue weighted by Gasteiger charge is -2.00. The summed E-state index contributed by atoms with van der Waals surface area (Å²) in [6, 6.07) is 5.94. The Balaban J connectivity index is 2.33. The first-order valence-corrected chi connectivity index (χ1v) is 4.60. The van der Waals surface area contributed by atoms with Crippen LogP contribution in [0.2, 0.25) is 0 Å². The van der Waals surface area contributed by atoms with Crippen LogP contribution in [-0.4, -0.2) is 25.6 Å². The Hall–Kier alpha value is -2.70. The molecule has 0 bridgehead atoms. The number of carbonyl (C=O) groups is 1. The summed E-state index contributed by atoms with van der Waals surface area (Å²) in [5.41, 5.74) is 0.763. The highest BCUT2D eigenvalue weighted by Gasteiger charge is 2.11. The third-order valence-corrected chi connectivity index (χ3v) is 2.17. The van der Waals surface area contributed by atoms with E-state index >= 15 is 0 Å². The van der Waals surface area contributed by atoms with Crippen LogP contribution in [0.15, 0.2) is 36.8 Å². The van der Waals surface area contributed by atoms with E-state index in [1.807, 2.05) is 0 Å². The quantitative estimate of drug-likeness (QED) is 0.639. The van der Waals surface area contributed by atoms with E-state index in [-0.39, 0.29) is 11.4 Å². The zero-order valence-corrected chi connectivity index (χ0v) is 8.48. The standard InChI is InChI=1S/C10H7N3O4/c14-10(15)7-1-3-8(4-2-7)12-5-9(11-6-12)13(16)17/h1-6H,(H,14,15). The highest BCUT2D eigenvalue weighted by molar-refractivity contribution is 5.87. The van der Waals surface area contributed by atoms with Crippen LogP contribution in [0.25, 0.3) is 5.69 Å². The third kappa shape index (κ3) is 2.12. The number of hydrogen-bond donors (Lipinski definition) is 1. The highest BCUT2D eigenvalue weighted by Crippen LogP contribution is 2.13. The fourth-order valence-corrected chi connectivity index (χ4v) is 1.32. The minimum Gasteiger partial charge on any atom is -0.478 e. The fraction of sp³-hybridized carbons (Fsp3) is 0. The van der Waals surface area contributed by atoms with Gasteiger partial charge in [-0.1, -0.05) is 0 Å². The summed E-state index contributed by atoms with van der Waals surface area (Å²) in [6.45, 7) is 0. The van der Waals surface area contributed by atoms with Gasteiger partial charge in [0.2, 0.25) is 6.33 Å². The summed E-state index contributed by atoms with van der Waals surface area (Å²) < 4.78 is 1.45. The van der Waals surface area contributed by atoms with Gasteiger partial charge in [-0.3, -0.25) is 4.57 Å². The number of aromatic carboxylic acids is 1. The smallest absolute Gasteiger partial charge is 0.381 e. The monoisotopic (exact) mass is 233 g/mol. The van der Waals surface area contributed by atoms with Gasteiger partial charge >= 0.3 is 11.8 Å². The normalized spacial score (nSPS) is 10.1. The maximum Gasteiger partial charge on any atom is 0.381 e. The number of imidazole rings is 1. The molecule has 7 heteroatoms. The maximum absolute atomic E-state index is 10.6. The molecule has 0 unspecified atom stereocenters. The van der Waals surface area contributed by atoms with Crippen molar-refractivity contribution in [3.63, 3.8) is 0 Å². The van der Waals surface area contributed by atoms with Crippen LogP contribution in [0.4, 0.5) is 5.82 Å². The second-order valence-corrected chi connectivity index (χ2v) is 3.25. The van der Waals surface area contributed by atoms with Crippen LogP contribution in [0.3, 0.4) is 0 Å². The van der Waals surface area contributed by atoms with Gasteiger partial charge in [-0.2, -0.15) is 0 Å². The van der Waals surface area contributed by atoms with E-state index in [0.717, 1.165) is 0 Å². The molecule has 1 aromatic carbocycles. The fourth-order valence-electron chi connectivity index (χ4n) is 1.32. The molecule has 2 rings (SSSR count). The van der Waals surface area contributed by atoms with Crippen molar-refractivity contribution in [3.05, 3.63) is 52.5 Å². The Morgan fingerprint density at radius 1 is 1.35 bits per heavy atom. The van der Waals surface area contributed by atoms with Crippen molar-refractivity contribution in [2.75, 3.05) is 0 Å². The molecule has 0 aliphatic heterocycles. The van der Waals surface area contributed by atoms with E-state index in [9.17, 15) is 14.9 Å². The molecular formula is C10H7N3O4. The topological polar surface area (TPSA) is 98.3 Å². The molecule has 0 aliphatic carbocycles. The molecule has 0 radical (unpaired) electrons. The number of aromatic nitrogens is 2. The Labute approximate surface area is 95.1 Å². The Kier molecular flexibility index (Phi) is 2.57. The first-order chi connectivity index (χ1) is 8.08. The number of hydrogen-bond acceptors (Lipinski definition) is 4. The Morgan fingerprint density at radius 2 is 2.00 bits per heavy atom. The Bertz CT molecular complexity index is 573. The summed E-state index contributed by atoms with van der Waals surface area (Å²) >= 11 is 0. The van der Waals surface area contributed by atoms with Crippen molar-refractivity contribution in [1.82, 2.24) is 9.55 Å². The van der Waals surface area contributed by atoms with E-state index in [2.05, 4.69) is 4.98 Å². The summed E-state index contributed by atoms with van der Waals surface area (Å²) in [5.74, 6) is -1.28. The van der Waals surface area contributed by atoms with Crippen LogP contribution in [0.5, 0.6) is 0 Å². The number of nitro groups is 1. The molecule has 1 aromatic heterocycles. The maximum atomic E-state index is 10.6. The second-order valence-electron chi connectivity index (χ2n) is 3.25. The molecule has 0 aliphatic rings. The van der Waals surface area contributed by atoms with Crippen molar-refractivity contribution in [2.45, 2.75) is 0 Å². The predicted octanol–water partition coefficient (Wildman–Crippen LogP) is 1.48. The van der Waals surface area contributed by atoms with E-state index in [1.165, 1.54) is 29.2 Å². The zero-order chi connectivity index (χ0) is 12.4. The van der Waals surface area contributed by atoms with Crippen molar-refractivity contribution in [3.8, 4) is 5.69 Å². The molecule has 0 fully saturated rings. The lowest BCUT2D eigenvalue weighted by Crippen LogP contribution is -1.97. The summed E-state index contributed by atoms with van der Waals surface area (Å²) in [5, 5.41) is 19.2. The molecule has 0 saturated carbocycles. The minimum atomic E-state index is -1.02. The van der Waals surface area contributed by atoms with Gasteiger partial charge < -0.3 is 15.2 Å². The van der Waals surface area contributed by atoms with Gasteiger partial charge in [-0.15, -0.1) is 0 Å². The molecule has 86 valence electrons. The zero-order valence-electron chi connectivity index (χ0n) is 8.48. The number of benzene rings is 1. The van der Waals surface area contributed by atoms with E-state index < -0.39 is 10.9 Å². The molecular weight excluding hydrogens is 226 g/mol. The van der Waals surface area contributed by atoms with Gasteiger partial charge in [-0.25, -0.2) is 4.79 Å². The second kappa shape index (κ2) is 4.05. The van der Waals surface area contributed by atoms with Crippen LogP contribution in [0.1, 0.15) is 10.4 Å². The molecule has 7 nitrogen and oxygen atoms in total. The van der Waals surface area contributed by atoms with E-state index in [1.54, 1.807) is 12.1 Å². The number of carboxylic acids is 1. The molecule has 2 aromatic rings. The van der Waals surface area contributed by atoms with E-state index in [0.29, 0.717) is 5.69 Å². The van der Waals surface area contributed by atoms with Crippen molar-refractivity contribution < 1.29 is 14.8 Å². The molecule has 0 saturated heterocycles. The number of nitrogens with zero attached hydrogens (tertiary/aromatic N) is 3. The summed E-state index contributed by atoms with van der Waals surface area (Å²) in [4.78, 5) is 24.1. The number of rotatable bonds is 3. The van der Waals surface area contributed by atoms with Gasteiger partial charge in [0.15, 0.2) is 0 Å². The van der Waals surface area contributed by atoms with E-state index in [4.69, 9.17) is 5.11 Å². The SMILES string of the molecule is O=C(O)c1ccc(-n2cnc([N+](=O)[O-])c2)cc1. The van der Waals surface area contributed by atoms with Gasteiger partial charge in [-0.05, 0) is 34.2 Å². The predicted molar refractivity (Wildman–Crippen MR) is 57.2 cm³/mol. The molecule has 1 heterocycles. The lowest BCUT2D eigenvalue weighted by atomic mass is 10.2. The lowest BCUT2D eigenvalue weighted by molar-refractivity contribution is -0.389. The first-order valence-electron chi connectivity index (χ1n) is 4.60. The molecule has 0 amide bonds. The number of carboxylic acid groups (broad SMARTS) is 1. The first kappa shape index (κ1) is 10.8. The van der Waals surface area contributed by atoms with Crippen molar-refractivity contribution >= 4 is 11.8 Å².